The highest BCUT2D eigenvalue weighted by atomic mass is 16.6. The van der Waals surface area contributed by atoms with Crippen molar-refractivity contribution in [2.75, 3.05) is 16.8 Å². The summed E-state index contributed by atoms with van der Waals surface area (Å²) >= 11 is 0. The molecule has 2 aromatic rings. The van der Waals surface area contributed by atoms with Crippen molar-refractivity contribution < 1.29 is 19.1 Å². The maximum Gasteiger partial charge on any atom is 0.412 e. The molecule has 1 aliphatic rings. The number of nitrogens with zero attached hydrogens (tertiary/aromatic N) is 1. The summed E-state index contributed by atoms with van der Waals surface area (Å²) in [6, 6.07) is 13.5. The lowest BCUT2D eigenvalue weighted by atomic mass is 10.0. The first-order chi connectivity index (χ1) is 13.6. The van der Waals surface area contributed by atoms with Crippen LogP contribution in [0.1, 0.15) is 51.7 Å². The highest BCUT2D eigenvalue weighted by Gasteiger charge is 2.26. The van der Waals surface area contributed by atoms with Crippen LogP contribution in [-0.4, -0.2) is 24.2 Å². The molecule has 2 aromatic carbocycles. The molecule has 0 saturated carbocycles. The second kappa shape index (κ2) is 8.15. The molecule has 0 atom stereocenters. The molecule has 1 N–H and O–H groups in total. The van der Waals surface area contributed by atoms with Gasteiger partial charge in [-0.25, -0.2) is 4.79 Å². The van der Waals surface area contributed by atoms with Gasteiger partial charge in [0.2, 0.25) is 0 Å². The molecule has 6 heteroatoms. The van der Waals surface area contributed by atoms with Gasteiger partial charge in [0.15, 0.2) is 6.61 Å². The van der Waals surface area contributed by atoms with Crippen molar-refractivity contribution >= 4 is 23.4 Å². The van der Waals surface area contributed by atoms with E-state index in [0.29, 0.717) is 29.6 Å². The Bertz CT molecular complexity index is 898. The maximum absolute atomic E-state index is 12.5. The first-order valence-corrected chi connectivity index (χ1v) is 9.78. The van der Waals surface area contributed by atoms with Gasteiger partial charge < -0.3 is 14.4 Å². The fourth-order valence-corrected chi connectivity index (χ4v) is 3.07. The van der Waals surface area contributed by atoms with Gasteiger partial charge in [0.25, 0.3) is 5.91 Å². The van der Waals surface area contributed by atoms with E-state index in [0.717, 1.165) is 5.56 Å². The number of anilines is 2. The van der Waals surface area contributed by atoms with Gasteiger partial charge >= 0.3 is 6.09 Å². The van der Waals surface area contributed by atoms with E-state index >= 15 is 0 Å². The number of carbonyl (C=O) groups excluding carboxylic acids is 2. The molecule has 2 amide bonds. The summed E-state index contributed by atoms with van der Waals surface area (Å²) in [4.78, 5) is 26.3. The fraction of sp³-hybridized carbons (Fsp3) is 0.391. The van der Waals surface area contributed by atoms with Crippen molar-refractivity contribution in [1.29, 1.82) is 0 Å². The molecule has 6 nitrogen and oxygen atoms in total. The Morgan fingerprint density at radius 3 is 2.48 bits per heavy atom. The zero-order chi connectivity index (χ0) is 21.2. The molecule has 1 aliphatic heterocycles. The molecule has 0 bridgehead atoms. The van der Waals surface area contributed by atoms with Crippen LogP contribution in [0.4, 0.5) is 16.2 Å². The van der Waals surface area contributed by atoms with Crippen molar-refractivity contribution in [3.8, 4) is 5.75 Å². The van der Waals surface area contributed by atoms with Crippen molar-refractivity contribution in [2.45, 2.75) is 52.7 Å². The van der Waals surface area contributed by atoms with E-state index in [2.05, 4.69) is 31.3 Å². The molecule has 0 spiro atoms. The molecule has 1 heterocycles. The van der Waals surface area contributed by atoms with Crippen molar-refractivity contribution in [2.24, 2.45) is 0 Å². The Morgan fingerprint density at radius 2 is 1.86 bits per heavy atom. The average molecular weight is 396 g/mol. The van der Waals surface area contributed by atoms with E-state index in [-0.39, 0.29) is 12.5 Å². The minimum absolute atomic E-state index is 0.00405. The number of rotatable bonds is 4. The van der Waals surface area contributed by atoms with Crippen LogP contribution in [0.15, 0.2) is 42.5 Å². The Morgan fingerprint density at radius 1 is 1.17 bits per heavy atom. The van der Waals surface area contributed by atoms with Crippen LogP contribution < -0.4 is 15.0 Å². The predicted octanol–water partition coefficient (Wildman–Crippen LogP) is 5.08. The largest absolute Gasteiger partial charge is 0.482 e. The van der Waals surface area contributed by atoms with Gasteiger partial charge in [0.05, 0.1) is 12.2 Å². The fourth-order valence-electron chi connectivity index (χ4n) is 3.07. The highest BCUT2D eigenvalue weighted by Crippen LogP contribution is 2.35. The van der Waals surface area contributed by atoms with Crippen molar-refractivity contribution in [3.63, 3.8) is 0 Å². The van der Waals surface area contributed by atoms with Gasteiger partial charge in [-0.2, -0.15) is 0 Å². The normalized spacial score (nSPS) is 13.7. The lowest BCUT2D eigenvalue weighted by Gasteiger charge is -2.30. The van der Waals surface area contributed by atoms with E-state index in [1.54, 1.807) is 43.9 Å². The second-order valence-electron chi connectivity index (χ2n) is 8.47. The van der Waals surface area contributed by atoms with Crippen LogP contribution in [0.5, 0.6) is 5.75 Å². The Balaban J connectivity index is 1.81. The molecule has 0 saturated heterocycles. The number of hydrogen-bond acceptors (Lipinski definition) is 4. The third kappa shape index (κ3) is 5.28. The van der Waals surface area contributed by atoms with Crippen LogP contribution in [0.3, 0.4) is 0 Å². The number of benzene rings is 2. The van der Waals surface area contributed by atoms with Crippen LogP contribution in [-0.2, 0) is 16.1 Å². The zero-order valence-electron chi connectivity index (χ0n) is 17.6. The summed E-state index contributed by atoms with van der Waals surface area (Å²) in [6.45, 7) is 10.1. The van der Waals surface area contributed by atoms with E-state index in [9.17, 15) is 9.59 Å². The second-order valence-corrected chi connectivity index (χ2v) is 8.47. The van der Waals surface area contributed by atoms with Crippen LogP contribution >= 0.6 is 0 Å². The van der Waals surface area contributed by atoms with Crippen LogP contribution in [0.25, 0.3) is 0 Å². The number of fused-ring (bicyclic) bond motifs is 1. The topological polar surface area (TPSA) is 67.9 Å². The SMILES string of the molecule is CC(C)c1ccc(CN2C(=O)COc3ccc(NC(=O)OC(C)(C)C)cc32)cc1. The molecule has 0 aliphatic carbocycles. The molecule has 0 fully saturated rings. The minimum Gasteiger partial charge on any atom is -0.482 e. The molecule has 3 rings (SSSR count). The predicted molar refractivity (Wildman–Crippen MR) is 114 cm³/mol. The Hall–Kier alpha value is -3.02. The zero-order valence-corrected chi connectivity index (χ0v) is 17.6. The number of amides is 2. The van der Waals surface area contributed by atoms with Gasteiger partial charge in [-0.15, -0.1) is 0 Å². The molecule has 29 heavy (non-hydrogen) atoms. The highest BCUT2D eigenvalue weighted by molar-refractivity contribution is 5.99. The summed E-state index contributed by atoms with van der Waals surface area (Å²) in [5.74, 6) is 0.939. The third-order valence-corrected chi connectivity index (χ3v) is 4.53. The summed E-state index contributed by atoms with van der Waals surface area (Å²) in [5, 5.41) is 2.71. The van der Waals surface area contributed by atoms with Crippen molar-refractivity contribution in [1.82, 2.24) is 0 Å². The smallest absolute Gasteiger partial charge is 0.412 e. The minimum atomic E-state index is -0.592. The molecule has 154 valence electrons. The summed E-state index contributed by atoms with van der Waals surface area (Å²) in [5.41, 5.74) is 2.86. The standard InChI is InChI=1S/C23H28N2O4/c1-15(2)17-8-6-16(7-9-17)13-25-19-12-18(24-22(27)29-23(3,4)5)10-11-20(19)28-14-21(25)26/h6-12,15H,13-14H2,1-5H3,(H,24,27). The van der Waals surface area contributed by atoms with Gasteiger partial charge in [0, 0.05) is 5.69 Å². The Kier molecular flexibility index (Phi) is 5.82. The number of carbonyl (C=O) groups is 2. The van der Waals surface area contributed by atoms with Gasteiger partial charge in [-0.3, -0.25) is 10.1 Å². The van der Waals surface area contributed by atoms with E-state index in [1.807, 2.05) is 12.1 Å². The summed E-state index contributed by atoms with van der Waals surface area (Å²) in [6.07, 6.45) is -0.545. The molecule has 0 aromatic heterocycles. The van der Waals surface area contributed by atoms with Crippen LogP contribution in [0, 0.1) is 0 Å². The van der Waals surface area contributed by atoms with E-state index in [1.165, 1.54) is 5.56 Å². The first-order valence-electron chi connectivity index (χ1n) is 9.78. The first kappa shape index (κ1) is 20.7. The summed E-state index contributed by atoms with van der Waals surface area (Å²) in [7, 11) is 0. The lowest BCUT2D eigenvalue weighted by Crippen LogP contribution is -2.38. The van der Waals surface area contributed by atoms with Crippen molar-refractivity contribution in [3.05, 3.63) is 53.6 Å². The maximum atomic E-state index is 12.5. The molecular weight excluding hydrogens is 368 g/mol. The number of nitrogens with one attached hydrogen (secondary N) is 1. The van der Waals surface area contributed by atoms with Crippen LogP contribution in [0.2, 0.25) is 0 Å². The molecule has 0 unspecified atom stereocenters. The van der Waals surface area contributed by atoms with E-state index < -0.39 is 11.7 Å². The van der Waals surface area contributed by atoms with Gasteiger partial charge in [-0.1, -0.05) is 38.1 Å². The third-order valence-electron chi connectivity index (χ3n) is 4.53. The molecule has 0 radical (unpaired) electrons. The number of hydrogen-bond donors (Lipinski definition) is 1. The number of ether oxygens (including phenoxy) is 2. The quantitative estimate of drug-likeness (QED) is 0.782. The van der Waals surface area contributed by atoms with E-state index in [4.69, 9.17) is 9.47 Å². The van der Waals surface area contributed by atoms with Gasteiger partial charge in [0.1, 0.15) is 11.4 Å². The van der Waals surface area contributed by atoms with Gasteiger partial charge in [-0.05, 0) is 56.0 Å². The summed E-state index contributed by atoms with van der Waals surface area (Å²) < 4.78 is 10.9. The Labute approximate surface area is 171 Å². The monoisotopic (exact) mass is 396 g/mol. The average Bonchev–Trinajstić information content (AvgIpc) is 2.63. The lowest BCUT2D eigenvalue weighted by molar-refractivity contribution is -0.121. The molecular formula is C23H28N2O4.